The molecule has 4 aliphatic carbocycles. The average Bonchev–Trinajstić information content (AvgIpc) is 3.19. The predicted octanol–water partition coefficient (Wildman–Crippen LogP) is 6.54. The number of aryl methyl sites for hydroxylation is 2. The molecule has 1 saturated heterocycles. The number of carbonyl (C=O) groups excluding carboxylic acids is 3. The van der Waals surface area contributed by atoms with Gasteiger partial charge in [-0.25, -0.2) is 9.69 Å². The largest absolute Gasteiger partial charge is 0.335 e. The first-order valence-corrected chi connectivity index (χ1v) is 14.5. The quantitative estimate of drug-likeness (QED) is 0.306. The fourth-order valence-corrected chi connectivity index (χ4v) is 8.50. The molecule has 1 aliphatic heterocycles. The SMILES string of the molecule is Cc1ccc(-n2c(C)cc(/C=C3\C(=O)NC(=O)N(c4ccc(C56CC7CC(CC(C7)C5)C6)cc4)C3=O)c2C)cc1. The maximum Gasteiger partial charge on any atom is 0.335 e. The van der Waals surface area contributed by atoms with Crippen LogP contribution >= 0.6 is 0 Å². The third-order valence-corrected chi connectivity index (χ3v) is 9.94. The minimum Gasteiger partial charge on any atom is -0.318 e. The number of anilines is 1. The molecule has 6 nitrogen and oxygen atoms in total. The molecular formula is C34H35N3O3. The van der Waals surface area contributed by atoms with E-state index in [4.69, 9.17) is 0 Å². The van der Waals surface area contributed by atoms with Crippen molar-refractivity contribution in [2.24, 2.45) is 17.8 Å². The van der Waals surface area contributed by atoms with Gasteiger partial charge in [-0.05, 0) is 130 Å². The fourth-order valence-electron chi connectivity index (χ4n) is 8.50. The molecule has 2 aromatic carbocycles. The number of imide groups is 2. The maximum absolute atomic E-state index is 13.6. The van der Waals surface area contributed by atoms with Gasteiger partial charge < -0.3 is 4.57 Å². The smallest absolute Gasteiger partial charge is 0.318 e. The zero-order valence-corrected chi connectivity index (χ0v) is 23.4. The highest BCUT2D eigenvalue weighted by atomic mass is 16.2. The Labute approximate surface area is 235 Å². The third-order valence-electron chi connectivity index (χ3n) is 9.94. The van der Waals surface area contributed by atoms with Gasteiger partial charge in [-0.2, -0.15) is 0 Å². The Morgan fingerprint density at radius 1 is 0.800 bits per heavy atom. The molecule has 2 heterocycles. The Balaban J connectivity index is 1.19. The lowest BCUT2D eigenvalue weighted by molar-refractivity contribution is -0.122. The van der Waals surface area contributed by atoms with Crippen LogP contribution in [0.3, 0.4) is 0 Å². The molecule has 204 valence electrons. The third kappa shape index (κ3) is 3.95. The number of carbonyl (C=O) groups is 3. The Morgan fingerprint density at radius 2 is 1.38 bits per heavy atom. The van der Waals surface area contributed by atoms with E-state index in [-0.39, 0.29) is 11.0 Å². The van der Waals surface area contributed by atoms with Crippen LogP contribution in [0.1, 0.15) is 66.6 Å². The topological polar surface area (TPSA) is 71.4 Å². The summed E-state index contributed by atoms with van der Waals surface area (Å²) in [5.41, 5.74) is 6.87. The molecule has 4 amide bonds. The van der Waals surface area contributed by atoms with E-state index in [2.05, 4.69) is 46.3 Å². The summed E-state index contributed by atoms with van der Waals surface area (Å²) in [7, 11) is 0. The van der Waals surface area contributed by atoms with Crippen molar-refractivity contribution in [2.45, 2.75) is 64.7 Å². The normalized spacial score (nSPS) is 28.5. The summed E-state index contributed by atoms with van der Waals surface area (Å²) in [6.45, 7) is 6.02. The van der Waals surface area contributed by atoms with E-state index in [1.807, 2.05) is 39.0 Å². The second kappa shape index (κ2) is 9.05. The molecule has 4 saturated carbocycles. The summed E-state index contributed by atoms with van der Waals surface area (Å²) in [6, 6.07) is 17.4. The van der Waals surface area contributed by atoms with Crippen molar-refractivity contribution < 1.29 is 14.4 Å². The zero-order valence-electron chi connectivity index (χ0n) is 23.4. The van der Waals surface area contributed by atoms with Crippen molar-refractivity contribution in [2.75, 3.05) is 4.90 Å². The Morgan fingerprint density at radius 3 is 1.98 bits per heavy atom. The molecule has 0 spiro atoms. The zero-order chi connectivity index (χ0) is 27.8. The van der Waals surface area contributed by atoms with Crippen molar-refractivity contribution >= 4 is 29.6 Å². The van der Waals surface area contributed by atoms with Gasteiger partial charge in [0.2, 0.25) is 0 Å². The van der Waals surface area contributed by atoms with Crippen LogP contribution in [-0.4, -0.2) is 22.4 Å². The Bertz CT molecular complexity index is 1540. The molecule has 1 N–H and O–H groups in total. The van der Waals surface area contributed by atoms with Gasteiger partial charge in [0, 0.05) is 17.1 Å². The van der Waals surface area contributed by atoms with E-state index in [0.717, 1.165) is 45.3 Å². The molecule has 3 aromatic rings. The molecule has 40 heavy (non-hydrogen) atoms. The standard InChI is InChI=1S/C34H35N3O3/c1-20-4-8-28(9-5-20)36-21(2)12-26(22(36)3)16-30-31(38)35-33(40)37(32(30)39)29-10-6-27(7-11-29)34-17-23-13-24(18-34)15-25(14-23)19-34/h4-12,16,23-25H,13-15,17-19H2,1-3H3,(H,35,38,40)/b30-16+. The highest BCUT2D eigenvalue weighted by molar-refractivity contribution is 6.39. The number of urea groups is 1. The van der Waals surface area contributed by atoms with Gasteiger partial charge in [0.25, 0.3) is 11.8 Å². The van der Waals surface area contributed by atoms with E-state index in [9.17, 15) is 14.4 Å². The van der Waals surface area contributed by atoms with Crippen LogP contribution in [0, 0.1) is 38.5 Å². The maximum atomic E-state index is 13.6. The molecule has 4 bridgehead atoms. The van der Waals surface area contributed by atoms with E-state index in [0.29, 0.717) is 5.69 Å². The molecular weight excluding hydrogens is 498 g/mol. The van der Waals surface area contributed by atoms with Crippen molar-refractivity contribution in [3.63, 3.8) is 0 Å². The lowest BCUT2D eigenvalue weighted by atomic mass is 9.48. The summed E-state index contributed by atoms with van der Waals surface area (Å²) >= 11 is 0. The second-order valence-corrected chi connectivity index (χ2v) is 12.7. The number of hydrogen-bond donors (Lipinski definition) is 1. The van der Waals surface area contributed by atoms with E-state index < -0.39 is 17.8 Å². The number of barbiturate groups is 1. The molecule has 6 heteroatoms. The summed E-state index contributed by atoms with van der Waals surface area (Å²) in [4.78, 5) is 40.5. The number of rotatable bonds is 4. The first-order chi connectivity index (χ1) is 19.2. The van der Waals surface area contributed by atoms with E-state index >= 15 is 0 Å². The molecule has 1 aromatic heterocycles. The number of aromatic nitrogens is 1. The monoisotopic (exact) mass is 533 g/mol. The lowest BCUT2D eigenvalue weighted by Gasteiger charge is -2.57. The van der Waals surface area contributed by atoms with Crippen LogP contribution in [0.25, 0.3) is 11.8 Å². The number of amides is 4. The number of hydrogen-bond acceptors (Lipinski definition) is 3. The van der Waals surface area contributed by atoms with Crippen LogP contribution in [0.15, 0.2) is 60.2 Å². The molecule has 5 aliphatic rings. The van der Waals surface area contributed by atoms with Gasteiger partial charge in [0.15, 0.2) is 0 Å². The molecule has 0 atom stereocenters. The number of nitrogens with zero attached hydrogens (tertiary/aromatic N) is 2. The number of benzene rings is 2. The summed E-state index contributed by atoms with van der Waals surface area (Å²) in [5, 5.41) is 2.38. The Hall–Kier alpha value is -3.93. The van der Waals surface area contributed by atoms with Crippen LogP contribution in [-0.2, 0) is 15.0 Å². The van der Waals surface area contributed by atoms with Crippen molar-refractivity contribution in [3.05, 3.63) is 88.2 Å². The summed E-state index contributed by atoms with van der Waals surface area (Å²) in [6.07, 6.45) is 9.52. The number of nitrogens with one attached hydrogen (secondary N) is 1. The molecule has 0 radical (unpaired) electrons. The van der Waals surface area contributed by atoms with Crippen molar-refractivity contribution in [1.82, 2.24) is 9.88 Å². The van der Waals surface area contributed by atoms with Gasteiger partial charge in [0.05, 0.1) is 5.69 Å². The highest BCUT2D eigenvalue weighted by Crippen LogP contribution is 2.60. The van der Waals surface area contributed by atoms with Crippen LogP contribution < -0.4 is 10.2 Å². The van der Waals surface area contributed by atoms with Gasteiger partial charge in [0.1, 0.15) is 5.57 Å². The second-order valence-electron chi connectivity index (χ2n) is 12.7. The minimum atomic E-state index is -0.708. The van der Waals surface area contributed by atoms with Crippen LogP contribution in [0.5, 0.6) is 0 Å². The molecule has 0 unspecified atom stereocenters. The van der Waals surface area contributed by atoms with Gasteiger partial charge >= 0.3 is 6.03 Å². The van der Waals surface area contributed by atoms with E-state index in [1.165, 1.54) is 49.7 Å². The van der Waals surface area contributed by atoms with Gasteiger partial charge in [-0.15, -0.1) is 0 Å². The molecule has 5 fully saturated rings. The average molecular weight is 534 g/mol. The van der Waals surface area contributed by atoms with Gasteiger partial charge in [-0.1, -0.05) is 29.8 Å². The highest BCUT2D eigenvalue weighted by Gasteiger charge is 2.51. The fraction of sp³-hybridized carbons (Fsp3) is 0.382. The lowest BCUT2D eigenvalue weighted by Crippen LogP contribution is -2.54. The van der Waals surface area contributed by atoms with Crippen LogP contribution in [0.4, 0.5) is 10.5 Å². The van der Waals surface area contributed by atoms with E-state index in [1.54, 1.807) is 6.08 Å². The van der Waals surface area contributed by atoms with Crippen molar-refractivity contribution in [3.8, 4) is 5.69 Å². The first kappa shape index (κ1) is 25.1. The Kier molecular flexibility index (Phi) is 5.67. The van der Waals surface area contributed by atoms with Crippen molar-refractivity contribution in [1.29, 1.82) is 0 Å². The minimum absolute atomic E-state index is 0.0473. The predicted molar refractivity (Wildman–Crippen MR) is 155 cm³/mol. The summed E-state index contributed by atoms with van der Waals surface area (Å²) < 4.78 is 2.10. The summed E-state index contributed by atoms with van der Waals surface area (Å²) in [5.74, 6) is 1.25. The first-order valence-electron chi connectivity index (χ1n) is 14.5. The molecule has 8 rings (SSSR count). The van der Waals surface area contributed by atoms with Gasteiger partial charge in [-0.3, -0.25) is 14.9 Å². The van der Waals surface area contributed by atoms with Crippen LogP contribution in [0.2, 0.25) is 0 Å².